The number of nitrogens with one attached hydrogen (secondary N) is 1. The van der Waals surface area contributed by atoms with Gasteiger partial charge in [0.15, 0.2) is 0 Å². The second kappa shape index (κ2) is 8.27. The Balaban J connectivity index is 2.26. The Morgan fingerprint density at radius 1 is 1.50 bits per heavy atom. The van der Waals surface area contributed by atoms with Gasteiger partial charge in [0, 0.05) is 25.2 Å². The minimum atomic E-state index is -4.46. The maximum Gasteiger partial charge on any atom is 0.361 e. The average molecular weight is 408 g/mol. The van der Waals surface area contributed by atoms with Crippen molar-refractivity contribution in [2.75, 3.05) is 13.3 Å². The predicted octanol–water partition coefficient (Wildman–Crippen LogP) is -0.394. The number of halogens is 1. The lowest BCUT2D eigenvalue weighted by molar-refractivity contribution is 0.242. The number of nitrogens with zero attached hydrogens (tertiary/aromatic N) is 5. The number of ether oxygens (including phenoxy) is 1. The lowest BCUT2D eigenvalue weighted by Gasteiger charge is -2.02. The SMILES string of the molecule is CCOc1nn(C(=O)NS(=O)(=O)N=c2sccn2CCCF)c(=O)n1C. The van der Waals surface area contributed by atoms with Crippen molar-refractivity contribution in [3.8, 4) is 6.01 Å². The highest BCUT2D eigenvalue weighted by Crippen LogP contribution is 2.01. The van der Waals surface area contributed by atoms with Gasteiger partial charge in [-0.05, 0) is 13.3 Å². The summed E-state index contributed by atoms with van der Waals surface area (Å²) < 4.78 is 49.3. The minimum Gasteiger partial charge on any atom is -0.464 e. The first kappa shape index (κ1) is 19.8. The lowest BCUT2D eigenvalue weighted by atomic mass is 10.5. The van der Waals surface area contributed by atoms with E-state index in [1.54, 1.807) is 23.2 Å². The Kier molecular flexibility index (Phi) is 6.31. The summed E-state index contributed by atoms with van der Waals surface area (Å²) in [6, 6.07) is -1.43. The van der Waals surface area contributed by atoms with Gasteiger partial charge in [-0.3, -0.25) is 4.39 Å². The van der Waals surface area contributed by atoms with E-state index in [-0.39, 0.29) is 30.4 Å². The predicted molar refractivity (Wildman–Crippen MR) is 90.0 cm³/mol. The second-order valence-corrected chi connectivity index (χ2v) is 7.07. The van der Waals surface area contributed by atoms with Crippen LogP contribution in [0.15, 0.2) is 20.8 Å². The molecular weight excluding hydrogens is 391 g/mol. The van der Waals surface area contributed by atoms with Gasteiger partial charge in [-0.15, -0.1) is 25.5 Å². The van der Waals surface area contributed by atoms with Crippen LogP contribution in [0.25, 0.3) is 0 Å². The number of rotatable bonds is 7. The van der Waals surface area contributed by atoms with Crippen LogP contribution >= 0.6 is 11.3 Å². The van der Waals surface area contributed by atoms with Crippen LogP contribution in [0.5, 0.6) is 6.01 Å². The summed E-state index contributed by atoms with van der Waals surface area (Å²) in [6.07, 6.45) is 1.74. The van der Waals surface area contributed by atoms with Gasteiger partial charge in [0.1, 0.15) is 0 Å². The molecule has 0 aliphatic heterocycles. The number of aryl methyl sites for hydroxylation is 1. The number of hydrogen-bond acceptors (Lipinski definition) is 7. The lowest BCUT2D eigenvalue weighted by Crippen LogP contribution is -2.40. The van der Waals surface area contributed by atoms with E-state index in [2.05, 4.69) is 9.50 Å². The van der Waals surface area contributed by atoms with Gasteiger partial charge < -0.3 is 9.30 Å². The number of aromatic nitrogens is 4. The standard InChI is InChI=1S/C12H17FN6O5S2/c1-3-24-10-14-19(12(21)17(10)2)9(20)15-26(22,23)16-11-18(6-4-5-13)7-8-25-11/h7-8H,3-6H2,1-2H3,(H,15,20). The van der Waals surface area contributed by atoms with Crippen LogP contribution in [-0.2, 0) is 23.8 Å². The molecule has 26 heavy (non-hydrogen) atoms. The van der Waals surface area contributed by atoms with Crippen molar-refractivity contribution in [2.24, 2.45) is 11.4 Å². The molecule has 0 spiro atoms. The third-order valence-corrected chi connectivity index (χ3v) is 4.77. The highest BCUT2D eigenvalue weighted by molar-refractivity contribution is 7.88. The normalized spacial score (nSPS) is 12.3. The molecule has 2 rings (SSSR count). The van der Waals surface area contributed by atoms with Gasteiger partial charge in [0.05, 0.1) is 13.3 Å². The van der Waals surface area contributed by atoms with Crippen LogP contribution in [0.2, 0.25) is 0 Å². The maximum atomic E-state index is 12.3. The van der Waals surface area contributed by atoms with Crippen molar-refractivity contribution in [2.45, 2.75) is 19.9 Å². The molecule has 1 amide bonds. The first-order valence-corrected chi connectivity index (χ1v) is 9.73. The highest BCUT2D eigenvalue weighted by atomic mass is 32.2. The Morgan fingerprint density at radius 2 is 2.23 bits per heavy atom. The van der Waals surface area contributed by atoms with Crippen LogP contribution in [0.4, 0.5) is 9.18 Å². The van der Waals surface area contributed by atoms with Crippen molar-refractivity contribution in [3.63, 3.8) is 0 Å². The number of carbonyl (C=O) groups excluding carboxylic acids is 1. The Labute approximate surface area is 151 Å². The summed E-state index contributed by atoms with van der Waals surface area (Å²) >= 11 is 1.00. The summed E-state index contributed by atoms with van der Waals surface area (Å²) in [5.41, 5.74) is -0.879. The smallest absolute Gasteiger partial charge is 0.361 e. The molecule has 0 saturated carbocycles. The number of hydrogen-bond donors (Lipinski definition) is 1. The van der Waals surface area contributed by atoms with E-state index < -0.39 is 28.6 Å². The number of amides is 1. The molecule has 144 valence electrons. The molecule has 11 nitrogen and oxygen atoms in total. The molecule has 0 bridgehead atoms. The average Bonchev–Trinajstić information content (AvgIpc) is 3.11. The zero-order chi connectivity index (χ0) is 19.3. The zero-order valence-corrected chi connectivity index (χ0v) is 15.6. The van der Waals surface area contributed by atoms with Crippen LogP contribution in [0.3, 0.4) is 0 Å². The summed E-state index contributed by atoms with van der Waals surface area (Å²) in [4.78, 5) is 24.1. The number of alkyl halides is 1. The van der Waals surface area contributed by atoms with Crippen molar-refractivity contribution in [3.05, 3.63) is 26.9 Å². The van der Waals surface area contributed by atoms with Crippen LogP contribution in [0, 0.1) is 0 Å². The summed E-state index contributed by atoms with van der Waals surface area (Å²) in [5, 5.41) is 5.20. The number of thiazole rings is 1. The van der Waals surface area contributed by atoms with Crippen LogP contribution in [-0.4, -0.2) is 46.6 Å². The summed E-state index contributed by atoms with van der Waals surface area (Å²) in [6.45, 7) is 1.54. The molecule has 0 saturated heterocycles. The zero-order valence-electron chi connectivity index (χ0n) is 14.0. The molecule has 0 unspecified atom stereocenters. The van der Waals surface area contributed by atoms with Gasteiger partial charge in [-0.1, -0.05) is 0 Å². The highest BCUT2D eigenvalue weighted by Gasteiger charge is 2.21. The molecule has 0 aliphatic rings. The molecule has 2 aromatic rings. The monoisotopic (exact) mass is 408 g/mol. The van der Waals surface area contributed by atoms with E-state index >= 15 is 0 Å². The third-order valence-electron chi connectivity index (χ3n) is 3.01. The quantitative estimate of drug-likeness (QED) is 0.664. The fraction of sp³-hybridized carbons (Fsp3) is 0.500. The fourth-order valence-corrected chi connectivity index (χ4v) is 3.60. The molecule has 0 aromatic carbocycles. The molecular formula is C12H17FN6O5S2. The van der Waals surface area contributed by atoms with E-state index in [0.29, 0.717) is 4.68 Å². The summed E-state index contributed by atoms with van der Waals surface area (Å²) in [7, 11) is -3.14. The van der Waals surface area contributed by atoms with E-state index in [1.165, 1.54) is 11.6 Å². The largest absolute Gasteiger partial charge is 0.464 e. The van der Waals surface area contributed by atoms with Gasteiger partial charge in [-0.2, -0.15) is 8.42 Å². The first-order valence-electron chi connectivity index (χ1n) is 7.41. The van der Waals surface area contributed by atoms with Gasteiger partial charge in [0.25, 0.3) is 0 Å². The molecule has 0 atom stereocenters. The van der Waals surface area contributed by atoms with Gasteiger partial charge >= 0.3 is 27.9 Å². The van der Waals surface area contributed by atoms with Crippen molar-refractivity contribution in [1.29, 1.82) is 0 Å². The summed E-state index contributed by atoms with van der Waals surface area (Å²) in [5.74, 6) is 0. The van der Waals surface area contributed by atoms with Gasteiger partial charge in [-0.25, -0.2) is 18.9 Å². The molecule has 0 aliphatic carbocycles. The van der Waals surface area contributed by atoms with Crippen LogP contribution < -0.4 is 20.0 Å². The van der Waals surface area contributed by atoms with E-state index in [1.807, 2.05) is 0 Å². The minimum absolute atomic E-state index is 0.0575. The second-order valence-electron chi connectivity index (χ2n) is 4.86. The van der Waals surface area contributed by atoms with Crippen LogP contribution in [0.1, 0.15) is 13.3 Å². The maximum absolute atomic E-state index is 12.3. The molecule has 2 heterocycles. The van der Waals surface area contributed by atoms with E-state index in [0.717, 1.165) is 15.9 Å². The molecule has 2 aromatic heterocycles. The Morgan fingerprint density at radius 3 is 2.88 bits per heavy atom. The molecule has 0 radical (unpaired) electrons. The topological polar surface area (TPSA) is 130 Å². The third kappa shape index (κ3) is 4.57. The van der Waals surface area contributed by atoms with Gasteiger partial charge in [0.2, 0.25) is 4.80 Å². The Bertz CT molecular complexity index is 1000. The van der Waals surface area contributed by atoms with Crippen molar-refractivity contribution < 1.29 is 22.3 Å². The van der Waals surface area contributed by atoms with E-state index in [4.69, 9.17) is 4.74 Å². The molecule has 14 heteroatoms. The van der Waals surface area contributed by atoms with Crippen molar-refractivity contribution in [1.82, 2.24) is 23.6 Å². The number of carbonyl (C=O) groups is 1. The van der Waals surface area contributed by atoms with E-state index in [9.17, 15) is 22.4 Å². The molecule has 0 fully saturated rings. The molecule has 1 N–H and O–H groups in total. The van der Waals surface area contributed by atoms with Crippen molar-refractivity contribution >= 4 is 27.6 Å². The first-order chi connectivity index (χ1) is 12.3. The Hall–Kier alpha value is -2.48. The fourth-order valence-electron chi connectivity index (χ4n) is 1.86.